The number of para-hydroxylation sites is 1. The Morgan fingerprint density at radius 3 is 2.39 bits per heavy atom. The second-order valence-corrected chi connectivity index (χ2v) is 6.85. The molecule has 3 aromatic rings. The van der Waals surface area contributed by atoms with E-state index >= 15 is 0 Å². The van der Waals surface area contributed by atoms with Gasteiger partial charge >= 0.3 is 17.8 Å². The van der Waals surface area contributed by atoms with E-state index in [1.807, 2.05) is 19.1 Å². The standard InChI is InChI=1S/C25H23N3O5/c1-3-18-7-4-5-10-22(18)27-23(29)24(30)28-26-16-17-11-13-20(14-12-17)33-25(31)19-8-6-9-21(15-19)32-2/h4-16H,3H2,1-2H3,(H,27,29)(H,28,30)/b26-16+. The first-order chi connectivity index (χ1) is 16.0. The van der Waals surface area contributed by atoms with E-state index in [1.54, 1.807) is 60.7 Å². The highest BCUT2D eigenvalue weighted by atomic mass is 16.5. The van der Waals surface area contributed by atoms with Crippen LogP contribution in [0.4, 0.5) is 5.69 Å². The lowest BCUT2D eigenvalue weighted by Crippen LogP contribution is -2.32. The van der Waals surface area contributed by atoms with Crippen LogP contribution in [0, 0.1) is 0 Å². The number of rotatable bonds is 7. The largest absolute Gasteiger partial charge is 0.497 e. The molecule has 2 amide bonds. The highest BCUT2D eigenvalue weighted by Gasteiger charge is 2.14. The molecular formula is C25H23N3O5. The molecule has 0 unspecified atom stereocenters. The molecule has 0 bridgehead atoms. The summed E-state index contributed by atoms with van der Waals surface area (Å²) in [5.41, 5.74) is 4.70. The van der Waals surface area contributed by atoms with Crippen molar-refractivity contribution in [2.24, 2.45) is 5.10 Å². The predicted molar refractivity (Wildman–Crippen MR) is 125 cm³/mol. The van der Waals surface area contributed by atoms with E-state index in [0.717, 1.165) is 12.0 Å². The summed E-state index contributed by atoms with van der Waals surface area (Å²) in [7, 11) is 1.52. The molecule has 33 heavy (non-hydrogen) atoms. The van der Waals surface area contributed by atoms with E-state index in [1.165, 1.54) is 13.3 Å². The number of hydrogen-bond acceptors (Lipinski definition) is 6. The number of ether oxygens (including phenoxy) is 2. The van der Waals surface area contributed by atoms with Gasteiger partial charge < -0.3 is 14.8 Å². The monoisotopic (exact) mass is 445 g/mol. The number of benzene rings is 3. The Morgan fingerprint density at radius 1 is 0.909 bits per heavy atom. The third kappa shape index (κ3) is 6.51. The normalized spacial score (nSPS) is 10.5. The van der Waals surface area contributed by atoms with E-state index in [4.69, 9.17) is 9.47 Å². The summed E-state index contributed by atoms with van der Waals surface area (Å²) in [5, 5.41) is 6.37. The van der Waals surface area contributed by atoms with Crippen LogP contribution in [-0.2, 0) is 16.0 Å². The third-order valence-electron chi connectivity index (χ3n) is 4.63. The molecule has 0 aliphatic rings. The Morgan fingerprint density at radius 2 is 1.67 bits per heavy atom. The van der Waals surface area contributed by atoms with Crippen LogP contribution >= 0.6 is 0 Å². The molecule has 2 N–H and O–H groups in total. The van der Waals surface area contributed by atoms with Crippen molar-refractivity contribution < 1.29 is 23.9 Å². The molecule has 8 heteroatoms. The lowest BCUT2D eigenvalue weighted by Gasteiger charge is -2.08. The van der Waals surface area contributed by atoms with E-state index in [2.05, 4.69) is 15.8 Å². The maximum Gasteiger partial charge on any atom is 0.343 e. The topological polar surface area (TPSA) is 106 Å². The van der Waals surface area contributed by atoms with Crippen molar-refractivity contribution in [3.8, 4) is 11.5 Å². The fourth-order valence-corrected chi connectivity index (χ4v) is 2.88. The molecule has 0 spiro atoms. The zero-order valence-corrected chi connectivity index (χ0v) is 18.2. The van der Waals surface area contributed by atoms with Crippen molar-refractivity contribution in [3.05, 3.63) is 89.5 Å². The van der Waals surface area contributed by atoms with E-state index in [0.29, 0.717) is 28.3 Å². The summed E-state index contributed by atoms with van der Waals surface area (Å²) < 4.78 is 10.4. The lowest BCUT2D eigenvalue weighted by atomic mass is 10.1. The van der Waals surface area contributed by atoms with Gasteiger partial charge in [-0.15, -0.1) is 0 Å². The molecule has 0 saturated heterocycles. The van der Waals surface area contributed by atoms with Gasteiger partial charge in [0.1, 0.15) is 11.5 Å². The number of nitrogens with zero attached hydrogens (tertiary/aromatic N) is 1. The number of amides is 2. The molecule has 8 nitrogen and oxygen atoms in total. The first kappa shape index (κ1) is 23.2. The Labute approximate surface area is 191 Å². The van der Waals surface area contributed by atoms with E-state index in [9.17, 15) is 14.4 Å². The third-order valence-corrected chi connectivity index (χ3v) is 4.63. The number of methoxy groups -OCH3 is 1. The lowest BCUT2D eigenvalue weighted by molar-refractivity contribution is -0.136. The minimum atomic E-state index is -0.888. The van der Waals surface area contributed by atoms with Crippen LogP contribution in [0.1, 0.15) is 28.4 Å². The van der Waals surface area contributed by atoms with Gasteiger partial charge in [-0.25, -0.2) is 10.2 Å². The predicted octanol–water partition coefficient (Wildman–Crippen LogP) is 3.57. The van der Waals surface area contributed by atoms with Gasteiger partial charge in [-0.2, -0.15) is 5.10 Å². The van der Waals surface area contributed by atoms with Gasteiger partial charge in [0.15, 0.2) is 0 Å². The van der Waals surface area contributed by atoms with Crippen molar-refractivity contribution >= 4 is 29.7 Å². The molecule has 0 saturated carbocycles. The highest BCUT2D eigenvalue weighted by Crippen LogP contribution is 2.17. The quantitative estimate of drug-likeness (QED) is 0.190. The van der Waals surface area contributed by atoms with Crippen molar-refractivity contribution in [2.75, 3.05) is 12.4 Å². The van der Waals surface area contributed by atoms with Crippen molar-refractivity contribution in [1.82, 2.24) is 5.43 Å². The number of anilines is 1. The molecule has 168 valence electrons. The average Bonchev–Trinajstić information content (AvgIpc) is 2.85. The van der Waals surface area contributed by atoms with Gasteiger partial charge in [0.05, 0.1) is 18.9 Å². The minimum Gasteiger partial charge on any atom is -0.497 e. The fourth-order valence-electron chi connectivity index (χ4n) is 2.88. The molecule has 0 aliphatic heterocycles. The number of nitrogens with one attached hydrogen (secondary N) is 2. The maximum atomic E-state index is 12.3. The van der Waals surface area contributed by atoms with Crippen LogP contribution < -0.4 is 20.2 Å². The summed E-state index contributed by atoms with van der Waals surface area (Å²) in [6, 6.07) is 20.4. The zero-order valence-electron chi connectivity index (χ0n) is 18.2. The first-order valence-electron chi connectivity index (χ1n) is 10.2. The number of carbonyl (C=O) groups is 3. The molecule has 0 heterocycles. The number of hydrogen-bond donors (Lipinski definition) is 2. The molecular weight excluding hydrogens is 422 g/mol. The van der Waals surface area contributed by atoms with Crippen molar-refractivity contribution in [2.45, 2.75) is 13.3 Å². The summed E-state index contributed by atoms with van der Waals surface area (Å²) in [6.07, 6.45) is 2.10. The van der Waals surface area contributed by atoms with Crippen molar-refractivity contribution in [3.63, 3.8) is 0 Å². The molecule has 0 atom stereocenters. The van der Waals surface area contributed by atoms with Gasteiger partial charge in [0.2, 0.25) is 0 Å². The molecule has 0 radical (unpaired) electrons. The smallest absolute Gasteiger partial charge is 0.343 e. The van der Waals surface area contributed by atoms with Crippen LogP contribution in [0.2, 0.25) is 0 Å². The van der Waals surface area contributed by atoms with Gasteiger partial charge in [-0.3, -0.25) is 9.59 Å². The van der Waals surface area contributed by atoms with Crippen molar-refractivity contribution in [1.29, 1.82) is 0 Å². The van der Waals surface area contributed by atoms with Crippen LogP contribution in [0.5, 0.6) is 11.5 Å². The summed E-state index contributed by atoms with van der Waals surface area (Å²) in [5.74, 6) is -1.31. The second-order valence-electron chi connectivity index (χ2n) is 6.85. The Balaban J connectivity index is 1.52. The average molecular weight is 445 g/mol. The van der Waals surface area contributed by atoms with Crippen LogP contribution in [0.25, 0.3) is 0 Å². The number of esters is 1. The Kier molecular flexibility index (Phi) is 7.91. The molecule has 0 aromatic heterocycles. The highest BCUT2D eigenvalue weighted by molar-refractivity contribution is 6.39. The van der Waals surface area contributed by atoms with E-state index in [-0.39, 0.29) is 0 Å². The zero-order chi connectivity index (χ0) is 23.6. The van der Waals surface area contributed by atoms with Gasteiger partial charge in [0.25, 0.3) is 0 Å². The fraction of sp³-hybridized carbons (Fsp3) is 0.120. The molecule has 3 rings (SSSR count). The maximum absolute atomic E-state index is 12.3. The second kappa shape index (κ2) is 11.2. The SMILES string of the molecule is CCc1ccccc1NC(=O)C(=O)N/N=C/c1ccc(OC(=O)c2cccc(OC)c2)cc1. The van der Waals surface area contributed by atoms with Crippen LogP contribution in [0.3, 0.4) is 0 Å². The molecule has 3 aromatic carbocycles. The van der Waals surface area contributed by atoms with Gasteiger partial charge in [-0.1, -0.05) is 31.2 Å². The molecule has 0 fully saturated rings. The summed E-state index contributed by atoms with van der Waals surface area (Å²) >= 11 is 0. The van der Waals surface area contributed by atoms with Gasteiger partial charge in [0, 0.05) is 5.69 Å². The number of carbonyl (C=O) groups excluding carboxylic acids is 3. The number of aryl methyl sites for hydroxylation is 1. The minimum absolute atomic E-state index is 0.345. The molecule has 0 aliphatic carbocycles. The Hall–Kier alpha value is -4.46. The Bertz CT molecular complexity index is 1170. The van der Waals surface area contributed by atoms with Crippen LogP contribution in [0.15, 0.2) is 77.9 Å². The first-order valence-corrected chi connectivity index (χ1v) is 10.2. The van der Waals surface area contributed by atoms with Crippen LogP contribution in [-0.4, -0.2) is 31.1 Å². The number of hydrazone groups is 1. The van der Waals surface area contributed by atoms with E-state index < -0.39 is 17.8 Å². The summed E-state index contributed by atoms with van der Waals surface area (Å²) in [4.78, 5) is 36.3. The summed E-state index contributed by atoms with van der Waals surface area (Å²) in [6.45, 7) is 1.96. The van der Waals surface area contributed by atoms with Gasteiger partial charge in [-0.05, 0) is 66.1 Å².